The van der Waals surface area contributed by atoms with Gasteiger partial charge in [0.15, 0.2) is 0 Å². The fraction of sp³-hybridized carbons (Fsp3) is 1.00. The van der Waals surface area contributed by atoms with Gasteiger partial charge < -0.3 is 5.73 Å². The second-order valence-electron chi connectivity index (χ2n) is 4.83. The van der Waals surface area contributed by atoms with Gasteiger partial charge in [0.05, 0.1) is 12.4 Å². The second kappa shape index (κ2) is 8.24. The molecule has 17 heavy (non-hydrogen) atoms. The van der Waals surface area contributed by atoms with Crippen LogP contribution in [0.1, 0.15) is 33.6 Å². The Morgan fingerprint density at radius 2 is 1.94 bits per heavy atom. The summed E-state index contributed by atoms with van der Waals surface area (Å²) in [6.07, 6.45) is 0.690. The van der Waals surface area contributed by atoms with E-state index >= 15 is 0 Å². The first-order chi connectivity index (χ1) is 7.24. The van der Waals surface area contributed by atoms with Crippen molar-refractivity contribution in [2.75, 3.05) is 19.0 Å². The van der Waals surface area contributed by atoms with Gasteiger partial charge in [0.2, 0.25) is 10.0 Å². The van der Waals surface area contributed by atoms with Crippen molar-refractivity contribution in [3.05, 3.63) is 0 Å². The first-order valence-electron chi connectivity index (χ1n) is 5.52. The van der Waals surface area contributed by atoms with Crippen LogP contribution in [0.25, 0.3) is 0 Å². The van der Waals surface area contributed by atoms with Gasteiger partial charge in [0.1, 0.15) is 0 Å². The molecule has 0 aromatic heterocycles. The highest BCUT2D eigenvalue weighted by molar-refractivity contribution is 7.89. The summed E-state index contributed by atoms with van der Waals surface area (Å²) in [5, 5.41) is 0. The molecule has 0 amide bonds. The minimum Gasteiger partial charge on any atom is -0.329 e. The van der Waals surface area contributed by atoms with Crippen LogP contribution in [-0.4, -0.2) is 32.9 Å². The summed E-state index contributed by atoms with van der Waals surface area (Å²) in [7, 11) is -3.43. The molecule has 4 nitrogen and oxygen atoms in total. The molecule has 1 unspecified atom stereocenters. The first kappa shape index (κ1) is 19.4. The Morgan fingerprint density at radius 3 is 2.29 bits per heavy atom. The zero-order valence-corrected chi connectivity index (χ0v) is 12.3. The van der Waals surface area contributed by atoms with Gasteiger partial charge in [-0.2, -0.15) is 0 Å². The Hall–Kier alpha value is 0.0900. The molecular weight excluding hydrogens is 267 g/mol. The van der Waals surface area contributed by atoms with E-state index in [4.69, 9.17) is 5.73 Å². The monoisotopic (exact) mass is 290 g/mol. The fourth-order valence-corrected chi connectivity index (χ4v) is 3.25. The van der Waals surface area contributed by atoms with E-state index in [2.05, 4.69) is 4.72 Å². The van der Waals surface area contributed by atoms with Crippen LogP contribution in [-0.2, 0) is 10.0 Å². The molecule has 106 valence electrons. The van der Waals surface area contributed by atoms with E-state index in [1.54, 1.807) is 6.92 Å². The predicted molar refractivity (Wildman–Crippen MR) is 71.7 cm³/mol. The molecule has 0 aromatic rings. The maximum atomic E-state index is 11.9. The summed E-state index contributed by atoms with van der Waals surface area (Å²) in [5.41, 5.74) is 4.95. The summed E-state index contributed by atoms with van der Waals surface area (Å²) in [4.78, 5) is 0. The lowest BCUT2D eigenvalue weighted by atomic mass is 9.92. The lowest BCUT2D eigenvalue weighted by Crippen LogP contribution is -2.52. The van der Waals surface area contributed by atoms with E-state index in [0.717, 1.165) is 0 Å². The van der Waals surface area contributed by atoms with E-state index in [9.17, 15) is 12.8 Å². The smallest absolute Gasteiger partial charge is 0.212 e. The van der Waals surface area contributed by atoms with Gasteiger partial charge >= 0.3 is 0 Å². The molecule has 0 bridgehead atoms. The van der Waals surface area contributed by atoms with Crippen LogP contribution in [0.2, 0.25) is 0 Å². The highest BCUT2D eigenvalue weighted by Gasteiger charge is 2.28. The number of hydrogen-bond donors (Lipinski definition) is 2. The summed E-state index contributed by atoms with van der Waals surface area (Å²) in [6, 6.07) is 0. The molecule has 0 aliphatic rings. The van der Waals surface area contributed by atoms with Gasteiger partial charge in [-0.25, -0.2) is 13.1 Å². The quantitative estimate of drug-likeness (QED) is 0.711. The second-order valence-corrected chi connectivity index (χ2v) is 6.67. The molecule has 0 fully saturated rings. The molecule has 0 aliphatic heterocycles. The topological polar surface area (TPSA) is 72.2 Å². The van der Waals surface area contributed by atoms with E-state index in [0.29, 0.717) is 12.3 Å². The minimum atomic E-state index is -3.43. The van der Waals surface area contributed by atoms with Crippen molar-refractivity contribution in [3.63, 3.8) is 0 Å². The zero-order chi connectivity index (χ0) is 12.8. The van der Waals surface area contributed by atoms with Gasteiger partial charge in [-0.3, -0.25) is 4.39 Å². The summed E-state index contributed by atoms with van der Waals surface area (Å²) < 4.78 is 37.7. The van der Waals surface area contributed by atoms with Crippen LogP contribution in [0.5, 0.6) is 0 Å². The molecule has 7 heteroatoms. The largest absolute Gasteiger partial charge is 0.329 e. The number of halogens is 2. The van der Waals surface area contributed by atoms with Gasteiger partial charge in [-0.05, 0) is 25.7 Å². The van der Waals surface area contributed by atoms with Crippen LogP contribution in [0.15, 0.2) is 0 Å². The lowest BCUT2D eigenvalue weighted by Gasteiger charge is -2.30. The Labute approximate surface area is 110 Å². The highest BCUT2D eigenvalue weighted by atomic mass is 35.5. The molecule has 0 aromatic carbocycles. The summed E-state index contributed by atoms with van der Waals surface area (Å²) in [6.45, 7) is 5.40. The number of alkyl halides is 1. The average molecular weight is 291 g/mol. The third-order valence-electron chi connectivity index (χ3n) is 2.26. The van der Waals surface area contributed by atoms with Crippen LogP contribution in [0.4, 0.5) is 4.39 Å². The fourth-order valence-electron chi connectivity index (χ4n) is 1.74. The predicted octanol–water partition coefficient (Wildman–Crippen LogP) is 1.45. The van der Waals surface area contributed by atoms with Gasteiger partial charge in [-0.15, -0.1) is 12.4 Å². The van der Waals surface area contributed by atoms with E-state index in [-0.39, 0.29) is 31.1 Å². The zero-order valence-electron chi connectivity index (χ0n) is 10.7. The Bertz CT molecular complexity index is 299. The van der Waals surface area contributed by atoms with Crippen molar-refractivity contribution in [1.29, 1.82) is 0 Å². The van der Waals surface area contributed by atoms with Gasteiger partial charge in [0, 0.05) is 12.1 Å². The molecule has 1 atom stereocenters. The Kier molecular flexibility index (Phi) is 9.41. The molecule has 0 spiro atoms. The maximum absolute atomic E-state index is 11.9. The highest BCUT2D eigenvalue weighted by Crippen LogP contribution is 2.16. The molecule has 0 heterocycles. The van der Waals surface area contributed by atoms with E-state index in [1.807, 2.05) is 13.8 Å². The van der Waals surface area contributed by atoms with E-state index < -0.39 is 22.2 Å². The van der Waals surface area contributed by atoms with Crippen LogP contribution in [0.3, 0.4) is 0 Å². The standard InChI is InChI=1S/C10H23FN2O2S.ClH/c1-9(2)7-10(3,8-12)13-16(14,15)6-4-5-11;/h9,13H,4-8,12H2,1-3H3;1H. The third-order valence-corrected chi connectivity index (χ3v) is 3.89. The number of nitrogens with two attached hydrogens (primary N) is 1. The summed E-state index contributed by atoms with van der Waals surface area (Å²) in [5.74, 6) is 0.161. The molecular formula is C10H24ClFN2O2S. The van der Waals surface area contributed by atoms with Crippen molar-refractivity contribution in [3.8, 4) is 0 Å². The molecule has 0 radical (unpaired) electrons. The van der Waals surface area contributed by atoms with Crippen molar-refractivity contribution >= 4 is 22.4 Å². The SMILES string of the molecule is CC(C)CC(C)(CN)NS(=O)(=O)CCCF.Cl. The molecule has 0 rings (SSSR count). The van der Waals surface area contributed by atoms with Crippen molar-refractivity contribution in [2.24, 2.45) is 11.7 Å². The first-order valence-corrected chi connectivity index (χ1v) is 7.17. The third kappa shape index (κ3) is 8.77. The molecule has 0 saturated heterocycles. The van der Waals surface area contributed by atoms with Crippen molar-refractivity contribution < 1.29 is 12.8 Å². The number of nitrogens with one attached hydrogen (secondary N) is 1. The van der Waals surface area contributed by atoms with Gasteiger partial charge in [-0.1, -0.05) is 13.8 Å². The van der Waals surface area contributed by atoms with Gasteiger partial charge in [0.25, 0.3) is 0 Å². The lowest BCUT2D eigenvalue weighted by molar-refractivity contribution is 0.344. The number of sulfonamides is 1. The van der Waals surface area contributed by atoms with Crippen LogP contribution < -0.4 is 10.5 Å². The average Bonchev–Trinajstić information content (AvgIpc) is 2.12. The normalized spacial score (nSPS) is 15.4. The van der Waals surface area contributed by atoms with Crippen molar-refractivity contribution in [2.45, 2.75) is 39.2 Å². The number of rotatable bonds is 8. The van der Waals surface area contributed by atoms with E-state index in [1.165, 1.54) is 0 Å². The maximum Gasteiger partial charge on any atom is 0.212 e. The number of hydrogen-bond acceptors (Lipinski definition) is 3. The van der Waals surface area contributed by atoms with Crippen LogP contribution in [0, 0.1) is 5.92 Å². The Morgan fingerprint density at radius 1 is 1.41 bits per heavy atom. The molecule has 3 N–H and O–H groups in total. The minimum absolute atomic E-state index is 0. The molecule has 0 saturated carbocycles. The summed E-state index contributed by atoms with van der Waals surface area (Å²) >= 11 is 0. The van der Waals surface area contributed by atoms with Crippen LogP contribution >= 0.6 is 12.4 Å². The molecule has 0 aliphatic carbocycles. The van der Waals surface area contributed by atoms with Crippen molar-refractivity contribution in [1.82, 2.24) is 4.72 Å². The Balaban J connectivity index is 0.